The van der Waals surface area contributed by atoms with E-state index in [1.54, 1.807) is 0 Å². The molecule has 290 valence electrons. The maximum atomic E-state index is 13.0. The molecule has 13 heteroatoms. The molecule has 0 aromatic rings. The lowest BCUT2D eigenvalue weighted by Gasteiger charge is -2.63. The second-order valence-corrected chi connectivity index (χ2v) is 18.9. The maximum Gasteiger partial charge on any atom is 0.407 e. The smallest absolute Gasteiger partial charge is 0.407 e. The molecule has 2 aliphatic heterocycles. The van der Waals surface area contributed by atoms with Gasteiger partial charge in [0, 0.05) is 25.0 Å². The predicted molar refractivity (Wildman–Crippen MR) is 183 cm³/mol. The van der Waals surface area contributed by atoms with Gasteiger partial charge in [0.1, 0.15) is 12.2 Å². The summed E-state index contributed by atoms with van der Waals surface area (Å²) in [5.74, 6) is 0.810. The number of hydrogen-bond acceptors (Lipinski definition) is 8. The van der Waals surface area contributed by atoms with Crippen molar-refractivity contribution >= 4 is 12.2 Å². The van der Waals surface area contributed by atoms with Crippen molar-refractivity contribution in [3.05, 3.63) is 0 Å². The summed E-state index contributed by atoms with van der Waals surface area (Å²) >= 11 is 0. The number of nitrogens with zero attached hydrogens (tertiary/aromatic N) is 1. The van der Waals surface area contributed by atoms with Gasteiger partial charge >= 0.3 is 18.4 Å². The fourth-order valence-electron chi connectivity index (χ4n) is 13.7. The number of fused-ring (bicyclic) bond motifs is 4. The van der Waals surface area contributed by atoms with Gasteiger partial charge in [0.25, 0.3) is 0 Å². The van der Waals surface area contributed by atoms with Crippen LogP contribution in [0, 0.1) is 51.2 Å². The van der Waals surface area contributed by atoms with Gasteiger partial charge in [-0.15, -0.1) is 0 Å². The molecule has 7 fully saturated rings. The molecule has 7 aliphatic rings. The second kappa shape index (κ2) is 12.3. The molecule has 2 heterocycles. The van der Waals surface area contributed by atoms with Crippen LogP contribution in [0.4, 0.5) is 22.8 Å². The van der Waals surface area contributed by atoms with Crippen molar-refractivity contribution in [2.24, 2.45) is 57.0 Å². The van der Waals surface area contributed by atoms with Crippen LogP contribution in [0.2, 0.25) is 0 Å². The van der Waals surface area contributed by atoms with Crippen LogP contribution in [0.3, 0.4) is 0 Å². The zero-order chi connectivity index (χ0) is 37.1. The number of alkyl carbamates (subject to hydrolysis) is 2. The summed E-state index contributed by atoms with van der Waals surface area (Å²) < 4.78 is 57.0. The Bertz CT molecular complexity index is 1380. The summed E-state index contributed by atoms with van der Waals surface area (Å²) in [4.78, 5) is 26.8. The van der Waals surface area contributed by atoms with E-state index in [0.29, 0.717) is 12.5 Å². The number of nitrogens with one attached hydrogen (secondary N) is 2. The van der Waals surface area contributed by atoms with Crippen LogP contribution in [0.5, 0.6) is 0 Å². The van der Waals surface area contributed by atoms with Crippen LogP contribution in [0.1, 0.15) is 99.8 Å². The highest BCUT2D eigenvalue weighted by Gasteiger charge is 2.85. The Labute approximate surface area is 300 Å². The normalized spacial score (nSPS) is 46.3. The fraction of sp³-hybridized carbons (Fsp3) is 0.947. The highest BCUT2D eigenvalue weighted by atomic mass is 19.4. The first-order valence-electron chi connectivity index (χ1n) is 19.6. The van der Waals surface area contributed by atoms with Gasteiger partial charge in [0.15, 0.2) is 0 Å². The Morgan fingerprint density at radius 3 is 2.35 bits per heavy atom. The van der Waals surface area contributed by atoms with Crippen molar-refractivity contribution in [2.75, 3.05) is 26.2 Å². The number of nitrogens with two attached hydrogens (primary N) is 1. The molecular weight excluding hydrogens is 665 g/mol. The Hall–Kier alpha value is -1.83. The molecule has 7 rings (SSSR count). The molecule has 13 atom stereocenters. The van der Waals surface area contributed by atoms with Crippen molar-refractivity contribution in [2.45, 2.75) is 148 Å². The van der Waals surface area contributed by atoms with Crippen molar-refractivity contribution in [3.63, 3.8) is 0 Å². The van der Waals surface area contributed by atoms with E-state index in [-0.39, 0.29) is 76.7 Å². The molecule has 5 saturated carbocycles. The second-order valence-electron chi connectivity index (χ2n) is 18.9. The summed E-state index contributed by atoms with van der Waals surface area (Å²) in [6.45, 7) is 14.7. The molecule has 0 radical (unpaired) electrons. The fourth-order valence-corrected chi connectivity index (χ4v) is 13.7. The molecule has 5 N–H and O–H groups in total. The van der Waals surface area contributed by atoms with Gasteiger partial charge in [-0.2, -0.15) is 13.2 Å². The van der Waals surface area contributed by atoms with Crippen LogP contribution in [0.15, 0.2) is 0 Å². The Balaban J connectivity index is 1.05. The maximum absolute atomic E-state index is 13.0. The van der Waals surface area contributed by atoms with Gasteiger partial charge < -0.3 is 35.7 Å². The zero-order valence-electron chi connectivity index (χ0n) is 31.5. The number of ether oxygens (including phenoxy) is 3. The molecule has 10 nitrogen and oxygen atoms in total. The van der Waals surface area contributed by atoms with Crippen LogP contribution >= 0.6 is 0 Å². The van der Waals surface area contributed by atoms with E-state index in [0.717, 1.165) is 51.4 Å². The number of likely N-dealkylation sites (tertiary alicyclic amines) is 1. The summed E-state index contributed by atoms with van der Waals surface area (Å²) in [5, 5.41) is 18.0. The lowest BCUT2D eigenvalue weighted by molar-refractivity contribution is -0.178. The van der Waals surface area contributed by atoms with Crippen molar-refractivity contribution in [3.8, 4) is 0 Å². The number of rotatable bonds is 7. The Morgan fingerprint density at radius 1 is 1.04 bits per heavy atom. The molecule has 5 aliphatic carbocycles. The molecule has 0 bridgehead atoms. The van der Waals surface area contributed by atoms with E-state index in [2.05, 4.69) is 38.3 Å². The average molecular weight is 727 g/mol. The average Bonchev–Trinajstić information content (AvgIpc) is 3.64. The van der Waals surface area contributed by atoms with Crippen LogP contribution in [0.25, 0.3) is 0 Å². The lowest BCUT2D eigenvalue weighted by atomic mass is 9.43. The molecule has 0 aromatic heterocycles. The van der Waals surface area contributed by atoms with E-state index in [1.165, 1.54) is 4.90 Å². The van der Waals surface area contributed by atoms with Crippen LogP contribution in [-0.4, -0.2) is 96.6 Å². The minimum absolute atomic E-state index is 0.0154. The van der Waals surface area contributed by atoms with Gasteiger partial charge in [-0.25, -0.2) is 9.59 Å². The van der Waals surface area contributed by atoms with E-state index in [1.807, 2.05) is 20.8 Å². The molecule has 2 amide bonds. The monoisotopic (exact) mass is 726 g/mol. The first kappa shape index (κ1) is 37.5. The topological polar surface area (TPSA) is 135 Å². The Morgan fingerprint density at radius 2 is 1.71 bits per heavy atom. The number of hydrogen-bond donors (Lipinski definition) is 4. The summed E-state index contributed by atoms with van der Waals surface area (Å²) in [6, 6.07) is -0.342. The number of aliphatic hydroxyl groups excluding tert-OH is 1. The third kappa shape index (κ3) is 5.54. The molecule has 4 unspecified atom stereocenters. The molecular formula is C38H61F3N4O6. The lowest BCUT2D eigenvalue weighted by Crippen LogP contribution is -2.70. The minimum atomic E-state index is -4.25. The predicted octanol–water partition coefficient (Wildman–Crippen LogP) is 5.60. The van der Waals surface area contributed by atoms with Crippen molar-refractivity contribution in [1.29, 1.82) is 0 Å². The number of alkyl halides is 3. The molecule has 2 spiro atoms. The molecule has 2 saturated heterocycles. The van der Waals surface area contributed by atoms with Gasteiger partial charge in [0.2, 0.25) is 0 Å². The minimum Gasteiger partial charge on any atom is -0.446 e. The highest BCUT2D eigenvalue weighted by Crippen LogP contribution is 2.87. The third-order valence-electron chi connectivity index (χ3n) is 15.8. The molecule has 51 heavy (non-hydrogen) atoms. The largest absolute Gasteiger partial charge is 0.446 e. The standard InChI is InChI=1S/C38H61F3N4O6/c1-8-43-31(47)51-28(20(2)3)23-15-21(4)27-29(49-23)30(46)38(42)25-10-9-24-33(5,6)26(11-12-35(24)18-36(25,35)14-13-34(27,38)7)50-32(48)44-22-16-45(17-22)19-37(39,40)41/h20-30,46H,8-19,42H2,1-7H3,(H,43,47)(H,44,48)/t21-,23?,24+,25?,26+,27+,28-,29?,30+,34-,35?,36+,38+/m1/s1. The Kier molecular flexibility index (Phi) is 9.07. The van der Waals surface area contributed by atoms with Gasteiger partial charge in [-0.3, -0.25) is 4.90 Å². The van der Waals surface area contributed by atoms with E-state index < -0.39 is 48.8 Å². The highest BCUT2D eigenvalue weighted by molar-refractivity contribution is 5.68. The number of carbonyl (C=O) groups is 2. The van der Waals surface area contributed by atoms with Crippen molar-refractivity contribution in [1.82, 2.24) is 15.5 Å². The number of carbonyl (C=O) groups excluding carboxylic acids is 2. The number of amides is 2. The summed E-state index contributed by atoms with van der Waals surface area (Å²) in [5.41, 5.74) is 6.40. The van der Waals surface area contributed by atoms with Crippen LogP contribution in [-0.2, 0) is 14.2 Å². The van der Waals surface area contributed by atoms with E-state index in [9.17, 15) is 27.9 Å². The first-order chi connectivity index (χ1) is 23.7. The van der Waals surface area contributed by atoms with E-state index >= 15 is 0 Å². The zero-order valence-corrected chi connectivity index (χ0v) is 31.5. The SMILES string of the molecule is CCNC(=O)O[C@H](C(C)C)C1C[C@@H](C)[C@H]2C(O1)[C@H](O)[C@@]1(N)C3CC[C@H]4C(C)(C)[C@@H](OC(=O)NC5CN(CC(F)(F)F)C5)CCC45C[C@@]35CC[C@]21C. The number of aliphatic hydroxyl groups is 1. The third-order valence-corrected chi connectivity index (χ3v) is 15.8. The number of halogens is 3. The van der Waals surface area contributed by atoms with E-state index in [4.69, 9.17) is 19.9 Å². The van der Waals surface area contributed by atoms with Gasteiger partial charge in [-0.1, -0.05) is 41.5 Å². The van der Waals surface area contributed by atoms with Crippen molar-refractivity contribution < 1.29 is 42.1 Å². The summed E-state index contributed by atoms with van der Waals surface area (Å²) in [6.07, 6.45) is -0.346. The summed E-state index contributed by atoms with van der Waals surface area (Å²) in [7, 11) is 0. The van der Waals surface area contributed by atoms with Crippen LogP contribution < -0.4 is 16.4 Å². The quantitative estimate of drug-likeness (QED) is 0.266. The molecule has 0 aromatic carbocycles. The van der Waals surface area contributed by atoms with Gasteiger partial charge in [-0.05, 0) is 104 Å². The first-order valence-corrected chi connectivity index (χ1v) is 19.6. The van der Waals surface area contributed by atoms with Gasteiger partial charge in [0.05, 0.1) is 36.4 Å².